The maximum Gasteiger partial charge on any atom is 0.129 e. The number of hydrogen-bond acceptors (Lipinski definition) is 2. The molecule has 0 aliphatic carbocycles. The molecule has 0 saturated carbocycles. The van der Waals surface area contributed by atoms with E-state index in [0.717, 1.165) is 23.8 Å². The standard InChI is InChI=1S/C12H13F2NO/c1-7-4-11(15)12(16-6-7)9-5-8(13)2-3-10(9)14/h2-3,5,11-12H,1,4,6,15H2/t11-,12+/m0/s1. The zero-order valence-corrected chi connectivity index (χ0v) is 8.75. The molecule has 2 atom stereocenters. The highest BCUT2D eigenvalue weighted by Crippen LogP contribution is 2.30. The monoisotopic (exact) mass is 225 g/mol. The minimum absolute atomic E-state index is 0.181. The third kappa shape index (κ3) is 2.13. The van der Waals surface area contributed by atoms with Gasteiger partial charge < -0.3 is 10.5 Å². The quantitative estimate of drug-likeness (QED) is 0.744. The fraction of sp³-hybridized carbons (Fsp3) is 0.333. The molecule has 86 valence electrons. The Kier molecular flexibility index (Phi) is 3.03. The highest BCUT2D eigenvalue weighted by molar-refractivity contribution is 5.24. The normalized spacial score (nSPS) is 25.8. The van der Waals surface area contributed by atoms with Crippen LogP contribution in [0.3, 0.4) is 0 Å². The smallest absolute Gasteiger partial charge is 0.129 e. The molecule has 0 amide bonds. The molecular formula is C12H13F2NO. The van der Waals surface area contributed by atoms with Gasteiger partial charge in [0, 0.05) is 11.6 Å². The van der Waals surface area contributed by atoms with Crippen LogP contribution in [0.15, 0.2) is 30.4 Å². The SMILES string of the molecule is C=C1CO[C@H](c2cc(F)ccc2F)[C@@H](N)C1. The predicted molar refractivity (Wildman–Crippen MR) is 56.8 cm³/mol. The van der Waals surface area contributed by atoms with E-state index in [1.165, 1.54) is 0 Å². The molecule has 4 heteroatoms. The van der Waals surface area contributed by atoms with Crippen LogP contribution in [0.5, 0.6) is 0 Å². The van der Waals surface area contributed by atoms with Crippen molar-refractivity contribution in [3.63, 3.8) is 0 Å². The van der Waals surface area contributed by atoms with Crippen molar-refractivity contribution in [3.05, 3.63) is 47.5 Å². The van der Waals surface area contributed by atoms with Gasteiger partial charge in [-0.25, -0.2) is 8.78 Å². The van der Waals surface area contributed by atoms with Crippen molar-refractivity contribution >= 4 is 0 Å². The van der Waals surface area contributed by atoms with E-state index in [9.17, 15) is 8.78 Å². The van der Waals surface area contributed by atoms with Gasteiger partial charge in [-0.3, -0.25) is 0 Å². The van der Waals surface area contributed by atoms with E-state index < -0.39 is 17.7 Å². The van der Waals surface area contributed by atoms with Crippen molar-refractivity contribution < 1.29 is 13.5 Å². The van der Waals surface area contributed by atoms with Crippen LogP contribution in [0.2, 0.25) is 0 Å². The van der Waals surface area contributed by atoms with E-state index in [-0.39, 0.29) is 11.6 Å². The van der Waals surface area contributed by atoms with Crippen LogP contribution in [0.25, 0.3) is 0 Å². The number of nitrogens with two attached hydrogens (primary N) is 1. The van der Waals surface area contributed by atoms with Crippen molar-refractivity contribution in [1.29, 1.82) is 0 Å². The molecule has 2 rings (SSSR count). The average Bonchev–Trinajstić information content (AvgIpc) is 2.22. The number of ether oxygens (including phenoxy) is 1. The number of benzene rings is 1. The lowest BCUT2D eigenvalue weighted by molar-refractivity contribution is 0.0245. The van der Waals surface area contributed by atoms with Crippen molar-refractivity contribution in [2.75, 3.05) is 6.61 Å². The Bertz CT molecular complexity index is 419. The molecule has 0 spiro atoms. The van der Waals surface area contributed by atoms with Crippen LogP contribution in [0.1, 0.15) is 18.1 Å². The van der Waals surface area contributed by atoms with Crippen LogP contribution in [-0.4, -0.2) is 12.6 Å². The summed E-state index contributed by atoms with van der Waals surface area (Å²) in [6.07, 6.45) is -0.0261. The Labute approximate surface area is 92.7 Å². The van der Waals surface area contributed by atoms with Gasteiger partial charge in [0.1, 0.15) is 17.7 Å². The zero-order valence-electron chi connectivity index (χ0n) is 8.75. The minimum atomic E-state index is -0.596. The van der Waals surface area contributed by atoms with Crippen molar-refractivity contribution in [2.45, 2.75) is 18.6 Å². The van der Waals surface area contributed by atoms with E-state index in [4.69, 9.17) is 10.5 Å². The summed E-state index contributed by atoms with van der Waals surface area (Å²) in [5.74, 6) is -0.981. The molecule has 0 radical (unpaired) electrons. The lowest BCUT2D eigenvalue weighted by atomic mass is 9.94. The fourth-order valence-electron chi connectivity index (χ4n) is 1.88. The Morgan fingerprint density at radius 2 is 2.12 bits per heavy atom. The molecule has 2 nitrogen and oxygen atoms in total. The van der Waals surface area contributed by atoms with Crippen LogP contribution >= 0.6 is 0 Å². The van der Waals surface area contributed by atoms with E-state index in [2.05, 4.69) is 6.58 Å². The van der Waals surface area contributed by atoms with Crippen LogP contribution in [0, 0.1) is 11.6 Å². The highest BCUT2D eigenvalue weighted by atomic mass is 19.1. The second-order valence-corrected chi connectivity index (χ2v) is 4.02. The molecule has 0 aromatic heterocycles. The van der Waals surface area contributed by atoms with Gasteiger partial charge in [-0.15, -0.1) is 0 Å². The first-order valence-corrected chi connectivity index (χ1v) is 5.06. The lowest BCUT2D eigenvalue weighted by Crippen LogP contribution is -2.36. The number of halogens is 2. The summed E-state index contributed by atoms with van der Waals surface area (Å²) in [5, 5.41) is 0. The summed E-state index contributed by atoms with van der Waals surface area (Å²) in [6.45, 7) is 4.10. The van der Waals surface area contributed by atoms with Crippen LogP contribution < -0.4 is 5.73 Å². The number of rotatable bonds is 1. The third-order valence-electron chi connectivity index (χ3n) is 2.64. The maximum atomic E-state index is 13.5. The molecule has 1 heterocycles. The van der Waals surface area contributed by atoms with Crippen LogP contribution in [0.4, 0.5) is 8.78 Å². The molecule has 1 fully saturated rings. The summed E-state index contributed by atoms with van der Waals surface area (Å²) in [7, 11) is 0. The van der Waals surface area contributed by atoms with Gasteiger partial charge in [0.05, 0.1) is 6.61 Å². The van der Waals surface area contributed by atoms with Gasteiger partial charge in [-0.05, 0) is 24.6 Å². The van der Waals surface area contributed by atoms with Crippen molar-refractivity contribution in [3.8, 4) is 0 Å². The largest absolute Gasteiger partial charge is 0.367 e. The third-order valence-corrected chi connectivity index (χ3v) is 2.64. The molecule has 1 aliphatic rings. The predicted octanol–water partition coefficient (Wildman–Crippen LogP) is 2.31. The second kappa shape index (κ2) is 4.31. The molecule has 1 saturated heterocycles. The highest BCUT2D eigenvalue weighted by Gasteiger charge is 2.28. The number of hydrogen-bond donors (Lipinski definition) is 1. The molecule has 0 unspecified atom stereocenters. The summed E-state index contributed by atoms with van der Waals surface area (Å²) < 4.78 is 31.9. The molecule has 16 heavy (non-hydrogen) atoms. The summed E-state index contributed by atoms with van der Waals surface area (Å²) in [6, 6.07) is 2.92. The lowest BCUT2D eigenvalue weighted by Gasteiger charge is -2.30. The molecule has 1 aromatic rings. The molecule has 1 aliphatic heterocycles. The summed E-state index contributed by atoms with van der Waals surface area (Å²) in [5.41, 5.74) is 6.90. The first-order valence-electron chi connectivity index (χ1n) is 5.06. The topological polar surface area (TPSA) is 35.2 Å². The van der Waals surface area contributed by atoms with E-state index in [1.54, 1.807) is 0 Å². The van der Waals surface area contributed by atoms with Gasteiger partial charge in [0.25, 0.3) is 0 Å². The second-order valence-electron chi connectivity index (χ2n) is 4.02. The van der Waals surface area contributed by atoms with Crippen molar-refractivity contribution in [1.82, 2.24) is 0 Å². The first kappa shape index (κ1) is 11.2. The Balaban J connectivity index is 2.29. The van der Waals surface area contributed by atoms with Gasteiger partial charge >= 0.3 is 0 Å². The summed E-state index contributed by atoms with van der Waals surface area (Å²) >= 11 is 0. The van der Waals surface area contributed by atoms with Gasteiger partial charge in [-0.2, -0.15) is 0 Å². The summed E-state index contributed by atoms with van der Waals surface area (Å²) in [4.78, 5) is 0. The maximum absolute atomic E-state index is 13.5. The first-order chi connectivity index (χ1) is 7.58. The zero-order chi connectivity index (χ0) is 11.7. The molecular weight excluding hydrogens is 212 g/mol. The Morgan fingerprint density at radius 3 is 2.81 bits per heavy atom. The van der Waals surface area contributed by atoms with E-state index in [0.29, 0.717) is 13.0 Å². The Morgan fingerprint density at radius 1 is 1.38 bits per heavy atom. The minimum Gasteiger partial charge on any atom is -0.367 e. The molecule has 2 N–H and O–H groups in total. The van der Waals surface area contributed by atoms with E-state index >= 15 is 0 Å². The average molecular weight is 225 g/mol. The Hall–Kier alpha value is -1.26. The van der Waals surface area contributed by atoms with Gasteiger partial charge in [0.15, 0.2) is 0 Å². The van der Waals surface area contributed by atoms with Gasteiger partial charge in [0.2, 0.25) is 0 Å². The van der Waals surface area contributed by atoms with E-state index in [1.807, 2.05) is 0 Å². The molecule has 0 bridgehead atoms. The van der Waals surface area contributed by atoms with Crippen LogP contribution in [-0.2, 0) is 4.74 Å². The van der Waals surface area contributed by atoms with Crippen molar-refractivity contribution in [2.24, 2.45) is 5.73 Å². The molecule has 1 aromatic carbocycles. The van der Waals surface area contributed by atoms with Gasteiger partial charge in [-0.1, -0.05) is 12.2 Å². The fourth-order valence-corrected chi connectivity index (χ4v) is 1.88.